The van der Waals surface area contributed by atoms with Crippen molar-refractivity contribution in [2.45, 2.75) is 37.5 Å². The summed E-state index contributed by atoms with van der Waals surface area (Å²) in [5.74, 6) is -0.247. The summed E-state index contributed by atoms with van der Waals surface area (Å²) >= 11 is 0. The van der Waals surface area contributed by atoms with Gasteiger partial charge in [-0.25, -0.2) is 8.42 Å². The van der Waals surface area contributed by atoms with Gasteiger partial charge >= 0.3 is 0 Å². The van der Waals surface area contributed by atoms with Crippen LogP contribution in [0.15, 0.2) is 18.2 Å². The number of amides is 1. The maximum Gasteiger partial charge on any atom is 0.242 e. The maximum absolute atomic E-state index is 12.4. The van der Waals surface area contributed by atoms with E-state index >= 15 is 0 Å². The molecule has 2 aliphatic rings. The van der Waals surface area contributed by atoms with Gasteiger partial charge in [0, 0.05) is 12.2 Å². The zero-order valence-corrected chi connectivity index (χ0v) is 12.7. The summed E-state index contributed by atoms with van der Waals surface area (Å²) < 4.78 is 24.1. The Kier molecular flexibility index (Phi) is 3.99. The lowest BCUT2D eigenvalue weighted by molar-refractivity contribution is -0.116. The highest BCUT2D eigenvalue weighted by atomic mass is 32.2. The van der Waals surface area contributed by atoms with Crippen molar-refractivity contribution in [3.05, 3.63) is 29.3 Å². The number of benzene rings is 1. The Hall–Kier alpha value is -1.40. The van der Waals surface area contributed by atoms with Gasteiger partial charge in [0.15, 0.2) is 9.84 Å². The third-order valence-corrected chi connectivity index (χ3v) is 6.44. The average Bonchev–Trinajstić information content (AvgIpc) is 2.47. The number of anilines is 1. The molecular weight excluding hydrogens is 288 g/mol. The third-order valence-electron chi connectivity index (χ3n) is 4.27. The predicted molar refractivity (Wildman–Crippen MR) is 81.9 cm³/mol. The zero-order chi connectivity index (χ0) is 14.9. The van der Waals surface area contributed by atoms with E-state index < -0.39 is 15.1 Å². The normalized spacial score (nSPS) is 24.1. The van der Waals surface area contributed by atoms with Crippen LogP contribution >= 0.6 is 0 Å². The van der Waals surface area contributed by atoms with Crippen LogP contribution in [0.25, 0.3) is 0 Å². The van der Waals surface area contributed by atoms with Crippen LogP contribution in [0.3, 0.4) is 0 Å². The van der Waals surface area contributed by atoms with Gasteiger partial charge in [-0.15, -0.1) is 0 Å². The highest BCUT2D eigenvalue weighted by molar-refractivity contribution is 7.92. The number of fused-ring (bicyclic) bond motifs is 1. The summed E-state index contributed by atoms with van der Waals surface area (Å²) in [6.45, 7) is 1.67. The SMILES string of the molecule is O=C(Nc1cccc2c1CCNC2)C1CCCCS1(=O)=O. The second-order valence-corrected chi connectivity index (χ2v) is 8.01. The zero-order valence-electron chi connectivity index (χ0n) is 11.9. The van der Waals surface area contributed by atoms with E-state index in [0.717, 1.165) is 37.2 Å². The van der Waals surface area contributed by atoms with Gasteiger partial charge in [-0.2, -0.15) is 0 Å². The fourth-order valence-corrected chi connectivity index (χ4v) is 4.91. The van der Waals surface area contributed by atoms with Crippen LogP contribution in [0.4, 0.5) is 5.69 Å². The van der Waals surface area contributed by atoms with Crippen LogP contribution < -0.4 is 10.6 Å². The quantitative estimate of drug-likeness (QED) is 0.862. The van der Waals surface area contributed by atoms with E-state index in [0.29, 0.717) is 12.8 Å². The summed E-state index contributed by atoms with van der Waals surface area (Å²) in [6.07, 6.45) is 2.75. The van der Waals surface area contributed by atoms with Crippen molar-refractivity contribution in [1.29, 1.82) is 0 Å². The molecule has 0 aromatic heterocycles. The number of rotatable bonds is 2. The third kappa shape index (κ3) is 2.96. The molecule has 3 rings (SSSR count). The fraction of sp³-hybridized carbons (Fsp3) is 0.533. The van der Waals surface area contributed by atoms with Gasteiger partial charge in [-0.3, -0.25) is 4.79 Å². The Labute approximate surface area is 125 Å². The molecule has 1 aromatic carbocycles. The number of carbonyl (C=O) groups is 1. The number of hydrogen-bond acceptors (Lipinski definition) is 4. The van der Waals surface area contributed by atoms with Crippen molar-refractivity contribution in [2.75, 3.05) is 17.6 Å². The fourth-order valence-electron chi connectivity index (χ4n) is 3.11. The molecule has 1 amide bonds. The summed E-state index contributed by atoms with van der Waals surface area (Å²) in [6, 6.07) is 5.79. The Balaban J connectivity index is 1.82. The summed E-state index contributed by atoms with van der Waals surface area (Å²) in [5, 5.41) is 5.25. The van der Waals surface area contributed by atoms with E-state index in [4.69, 9.17) is 0 Å². The van der Waals surface area contributed by atoms with Crippen molar-refractivity contribution in [2.24, 2.45) is 0 Å². The second-order valence-electron chi connectivity index (χ2n) is 5.71. The van der Waals surface area contributed by atoms with Crippen molar-refractivity contribution in [3.63, 3.8) is 0 Å². The molecule has 114 valence electrons. The Morgan fingerprint density at radius 1 is 1.29 bits per heavy atom. The Morgan fingerprint density at radius 3 is 2.95 bits per heavy atom. The molecule has 0 radical (unpaired) electrons. The molecule has 2 N–H and O–H groups in total. The molecule has 6 heteroatoms. The molecule has 1 fully saturated rings. The second kappa shape index (κ2) is 5.77. The average molecular weight is 308 g/mol. The van der Waals surface area contributed by atoms with Gasteiger partial charge in [0.05, 0.1) is 5.75 Å². The topological polar surface area (TPSA) is 75.3 Å². The first-order chi connectivity index (χ1) is 10.1. The van der Waals surface area contributed by atoms with E-state index in [2.05, 4.69) is 10.6 Å². The van der Waals surface area contributed by atoms with Crippen LogP contribution in [-0.4, -0.2) is 31.9 Å². The van der Waals surface area contributed by atoms with Crippen LogP contribution in [0.1, 0.15) is 30.4 Å². The van der Waals surface area contributed by atoms with Crippen molar-refractivity contribution in [1.82, 2.24) is 5.32 Å². The molecule has 1 saturated heterocycles. The predicted octanol–water partition coefficient (Wildman–Crippen LogP) is 1.24. The molecule has 0 saturated carbocycles. The van der Waals surface area contributed by atoms with Crippen molar-refractivity contribution in [3.8, 4) is 0 Å². The molecule has 5 nitrogen and oxygen atoms in total. The number of sulfone groups is 1. The molecule has 1 unspecified atom stereocenters. The minimum Gasteiger partial charge on any atom is -0.325 e. The Morgan fingerprint density at radius 2 is 2.14 bits per heavy atom. The summed E-state index contributed by atoms with van der Waals surface area (Å²) in [5.41, 5.74) is 3.06. The lowest BCUT2D eigenvalue weighted by atomic mass is 9.99. The van der Waals surface area contributed by atoms with Crippen LogP contribution in [0, 0.1) is 0 Å². The van der Waals surface area contributed by atoms with Crippen LogP contribution in [0.2, 0.25) is 0 Å². The van der Waals surface area contributed by atoms with E-state index in [9.17, 15) is 13.2 Å². The minimum absolute atomic E-state index is 0.127. The van der Waals surface area contributed by atoms with Crippen LogP contribution in [-0.2, 0) is 27.6 Å². The summed E-state index contributed by atoms with van der Waals surface area (Å²) in [4.78, 5) is 12.4. The number of nitrogens with one attached hydrogen (secondary N) is 2. The lowest BCUT2D eigenvalue weighted by Gasteiger charge is -2.24. The summed E-state index contributed by atoms with van der Waals surface area (Å²) in [7, 11) is -3.29. The molecule has 1 aromatic rings. The van der Waals surface area contributed by atoms with Gasteiger partial charge < -0.3 is 10.6 Å². The van der Waals surface area contributed by atoms with Gasteiger partial charge in [0.25, 0.3) is 0 Å². The molecule has 0 spiro atoms. The van der Waals surface area contributed by atoms with Crippen molar-refractivity contribution < 1.29 is 13.2 Å². The first-order valence-corrected chi connectivity index (χ1v) is 9.13. The maximum atomic E-state index is 12.4. The van der Waals surface area contributed by atoms with Gasteiger partial charge in [-0.1, -0.05) is 18.6 Å². The lowest BCUT2D eigenvalue weighted by Crippen LogP contribution is -2.39. The Bertz CT molecular complexity index is 655. The highest BCUT2D eigenvalue weighted by Crippen LogP contribution is 2.25. The van der Waals surface area contributed by atoms with E-state index in [1.807, 2.05) is 18.2 Å². The molecule has 1 atom stereocenters. The number of hydrogen-bond donors (Lipinski definition) is 2. The highest BCUT2D eigenvalue weighted by Gasteiger charge is 2.35. The molecule has 2 heterocycles. The van der Waals surface area contributed by atoms with E-state index in [-0.39, 0.29) is 11.7 Å². The van der Waals surface area contributed by atoms with E-state index in [1.165, 1.54) is 5.56 Å². The standard InChI is InChI=1S/C15H20N2O3S/c18-15(14-6-1-2-9-21(14,19)20)17-13-5-3-4-11-10-16-8-7-12(11)13/h3-5,14,16H,1-2,6-10H2,(H,17,18). The smallest absolute Gasteiger partial charge is 0.242 e. The minimum atomic E-state index is -3.29. The monoisotopic (exact) mass is 308 g/mol. The first-order valence-electron chi connectivity index (χ1n) is 7.42. The van der Waals surface area contributed by atoms with Crippen molar-refractivity contribution >= 4 is 21.4 Å². The molecule has 21 heavy (non-hydrogen) atoms. The first kappa shape index (κ1) is 14.5. The van der Waals surface area contributed by atoms with Crippen LogP contribution in [0.5, 0.6) is 0 Å². The van der Waals surface area contributed by atoms with E-state index in [1.54, 1.807) is 0 Å². The largest absolute Gasteiger partial charge is 0.325 e. The van der Waals surface area contributed by atoms with Gasteiger partial charge in [0.1, 0.15) is 5.25 Å². The molecule has 0 bridgehead atoms. The molecular formula is C15H20N2O3S. The van der Waals surface area contributed by atoms with Gasteiger partial charge in [-0.05, 0) is 43.0 Å². The molecule has 0 aliphatic carbocycles. The van der Waals surface area contributed by atoms with Gasteiger partial charge in [0.2, 0.25) is 5.91 Å². The molecule has 2 aliphatic heterocycles. The number of carbonyl (C=O) groups excluding carboxylic acids is 1.